The first-order valence-corrected chi connectivity index (χ1v) is 6.99. The van der Waals surface area contributed by atoms with Crippen LogP contribution in [0.15, 0.2) is 57.9 Å². The minimum atomic E-state index is 0.806. The van der Waals surface area contributed by atoms with Gasteiger partial charge in [0.15, 0.2) is 0 Å². The van der Waals surface area contributed by atoms with Gasteiger partial charge in [0.2, 0.25) is 0 Å². The average Bonchev–Trinajstić information content (AvgIpc) is 2.37. The molecule has 2 nitrogen and oxygen atoms in total. The summed E-state index contributed by atoms with van der Waals surface area (Å²) >= 11 is 6.80. The molecule has 2 aromatic heterocycles. The highest BCUT2D eigenvalue weighted by molar-refractivity contribution is 9.11. The fraction of sp³-hybridized carbons (Fsp3) is 0. The Hall–Kier alpha value is -1.26. The number of rotatable bonds is 1. The molecule has 0 N–H and O–H groups in total. The second-order valence-electron chi connectivity index (χ2n) is 3.92. The molecule has 4 heteroatoms. The van der Waals surface area contributed by atoms with Gasteiger partial charge in [0.25, 0.3) is 0 Å². The fourth-order valence-corrected chi connectivity index (χ4v) is 2.97. The molecule has 0 aliphatic rings. The summed E-state index contributed by atoms with van der Waals surface area (Å²) in [5.74, 6) is 0. The van der Waals surface area contributed by atoms with E-state index in [4.69, 9.17) is 0 Å². The molecule has 0 aliphatic carbocycles. The van der Waals surface area contributed by atoms with Crippen LogP contribution in [-0.2, 0) is 0 Å². The van der Waals surface area contributed by atoms with E-state index in [1.54, 1.807) is 0 Å². The molecule has 2 heterocycles. The van der Waals surface area contributed by atoms with E-state index in [0.29, 0.717) is 0 Å². The number of pyridine rings is 2. The van der Waals surface area contributed by atoms with Gasteiger partial charge in [-0.3, -0.25) is 4.98 Å². The predicted molar refractivity (Wildman–Crippen MR) is 80.4 cm³/mol. The summed E-state index contributed by atoms with van der Waals surface area (Å²) in [6.07, 6.45) is 1.89. The van der Waals surface area contributed by atoms with E-state index in [1.807, 2.05) is 36.5 Å². The normalized spacial score (nSPS) is 10.8. The lowest BCUT2D eigenvalue weighted by molar-refractivity contribution is 1.23. The lowest BCUT2D eigenvalue weighted by Crippen LogP contribution is -1.85. The standard InChI is InChI=1S/C14H8Br2N2/c15-13-6-10(7-14(16)18-13)11-5-9-3-1-2-4-12(9)17-8-11/h1-8H. The monoisotopic (exact) mass is 362 g/mol. The van der Waals surface area contributed by atoms with Gasteiger partial charge in [-0.05, 0) is 61.7 Å². The topological polar surface area (TPSA) is 25.8 Å². The number of hydrogen-bond donors (Lipinski definition) is 0. The Labute approximate surface area is 121 Å². The number of halogens is 2. The van der Waals surface area contributed by atoms with Crippen molar-refractivity contribution in [3.63, 3.8) is 0 Å². The van der Waals surface area contributed by atoms with Crippen LogP contribution in [0.25, 0.3) is 22.0 Å². The van der Waals surface area contributed by atoms with Crippen LogP contribution in [0.2, 0.25) is 0 Å². The van der Waals surface area contributed by atoms with Crippen LogP contribution in [0, 0.1) is 0 Å². The van der Waals surface area contributed by atoms with Crippen molar-refractivity contribution in [2.75, 3.05) is 0 Å². The van der Waals surface area contributed by atoms with Gasteiger partial charge in [-0.1, -0.05) is 18.2 Å². The van der Waals surface area contributed by atoms with Crippen molar-refractivity contribution in [1.82, 2.24) is 9.97 Å². The van der Waals surface area contributed by atoms with Crippen molar-refractivity contribution >= 4 is 42.8 Å². The van der Waals surface area contributed by atoms with Crippen molar-refractivity contribution < 1.29 is 0 Å². The maximum Gasteiger partial charge on any atom is 0.108 e. The largest absolute Gasteiger partial charge is 0.256 e. The third kappa shape index (κ3) is 2.31. The van der Waals surface area contributed by atoms with Gasteiger partial charge in [0, 0.05) is 17.1 Å². The highest BCUT2D eigenvalue weighted by Gasteiger charge is 2.03. The molecule has 0 aliphatic heterocycles. The van der Waals surface area contributed by atoms with Crippen molar-refractivity contribution in [3.8, 4) is 11.1 Å². The Morgan fingerprint density at radius 3 is 2.33 bits per heavy atom. The highest BCUT2D eigenvalue weighted by atomic mass is 79.9. The lowest BCUT2D eigenvalue weighted by atomic mass is 10.1. The maximum absolute atomic E-state index is 4.47. The van der Waals surface area contributed by atoms with Crippen molar-refractivity contribution in [2.45, 2.75) is 0 Å². The zero-order chi connectivity index (χ0) is 12.5. The molecular formula is C14H8Br2N2. The summed E-state index contributed by atoms with van der Waals surface area (Å²) in [7, 11) is 0. The number of hydrogen-bond acceptors (Lipinski definition) is 2. The number of fused-ring (bicyclic) bond motifs is 1. The number of para-hydroxylation sites is 1. The lowest BCUT2D eigenvalue weighted by Gasteiger charge is -2.04. The number of aromatic nitrogens is 2. The predicted octanol–water partition coefficient (Wildman–Crippen LogP) is 4.82. The highest BCUT2D eigenvalue weighted by Crippen LogP contribution is 2.26. The number of nitrogens with zero attached hydrogens (tertiary/aromatic N) is 2. The molecule has 0 saturated heterocycles. The van der Waals surface area contributed by atoms with Crippen molar-refractivity contribution in [2.24, 2.45) is 0 Å². The molecule has 0 spiro atoms. The minimum Gasteiger partial charge on any atom is -0.256 e. The van der Waals surface area contributed by atoms with E-state index in [1.165, 1.54) is 0 Å². The van der Waals surface area contributed by atoms with Gasteiger partial charge in [0.05, 0.1) is 5.52 Å². The van der Waals surface area contributed by atoms with Crippen LogP contribution in [-0.4, -0.2) is 9.97 Å². The Balaban J connectivity index is 2.19. The molecule has 0 atom stereocenters. The Morgan fingerprint density at radius 1 is 0.833 bits per heavy atom. The Morgan fingerprint density at radius 2 is 1.56 bits per heavy atom. The van der Waals surface area contributed by atoms with E-state index >= 15 is 0 Å². The van der Waals surface area contributed by atoms with Crippen LogP contribution in [0.5, 0.6) is 0 Å². The molecule has 88 valence electrons. The smallest absolute Gasteiger partial charge is 0.108 e. The Bertz CT molecular complexity index is 706. The molecule has 3 aromatic rings. The SMILES string of the molecule is Brc1cc(-c2cnc3ccccc3c2)cc(Br)n1. The van der Waals surface area contributed by atoms with Gasteiger partial charge in [0.1, 0.15) is 9.21 Å². The zero-order valence-corrected chi connectivity index (χ0v) is 12.4. The molecular weight excluding hydrogens is 356 g/mol. The van der Waals surface area contributed by atoms with Gasteiger partial charge >= 0.3 is 0 Å². The van der Waals surface area contributed by atoms with Gasteiger partial charge < -0.3 is 0 Å². The van der Waals surface area contributed by atoms with Crippen LogP contribution in [0.3, 0.4) is 0 Å². The third-order valence-corrected chi connectivity index (χ3v) is 3.50. The molecule has 18 heavy (non-hydrogen) atoms. The summed E-state index contributed by atoms with van der Waals surface area (Å²) in [6, 6.07) is 14.2. The average molecular weight is 364 g/mol. The quantitative estimate of drug-likeness (QED) is 0.579. The fourth-order valence-electron chi connectivity index (χ4n) is 1.86. The van der Waals surface area contributed by atoms with Gasteiger partial charge in [-0.2, -0.15) is 0 Å². The molecule has 0 bridgehead atoms. The van der Waals surface area contributed by atoms with E-state index in [0.717, 1.165) is 31.2 Å². The molecule has 1 aromatic carbocycles. The molecule has 0 radical (unpaired) electrons. The summed E-state index contributed by atoms with van der Waals surface area (Å²) in [5, 5.41) is 1.14. The summed E-state index contributed by atoms with van der Waals surface area (Å²) in [6.45, 7) is 0. The van der Waals surface area contributed by atoms with Gasteiger partial charge in [-0.25, -0.2) is 4.98 Å². The molecule has 0 saturated carbocycles. The second kappa shape index (κ2) is 4.78. The van der Waals surface area contributed by atoms with E-state index < -0.39 is 0 Å². The first-order valence-electron chi connectivity index (χ1n) is 5.41. The zero-order valence-electron chi connectivity index (χ0n) is 9.27. The third-order valence-electron chi connectivity index (χ3n) is 2.69. The summed E-state index contributed by atoms with van der Waals surface area (Å²) < 4.78 is 1.61. The van der Waals surface area contributed by atoms with Crippen molar-refractivity contribution in [1.29, 1.82) is 0 Å². The minimum absolute atomic E-state index is 0.806. The maximum atomic E-state index is 4.47. The molecule has 0 unspecified atom stereocenters. The Kier molecular flexibility index (Phi) is 3.14. The summed E-state index contributed by atoms with van der Waals surface area (Å²) in [4.78, 5) is 8.70. The summed E-state index contributed by atoms with van der Waals surface area (Å²) in [5.41, 5.74) is 3.17. The van der Waals surface area contributed by atoms with E-state index in [-0.39, 0.29) is 0 Å². The second-order valence-corrected chi connectivity index (χ2v) is 5.54. The van der Waals surface area contributed by atoms with Crippen LogP contribution in [0.4, 0.5) is 0 Å². The van der Waals surface area contributed by atoms with E-state index in [2.05, 4.69) is 54.0 Å². The molecule has 3 rings (SSSR count). The molecule has 0 amide bonds. The van der Waals surface area contributed by atoms with E-state index in [9.17, 15) is 0 Å². The van der Waals surface area contributed by atoms with Crippen LogP contribution >= 0.6 is 31.9 Å². The first kappa shape index (κ1) is 11.8. The molecule has 0 fully saturated rings. The van der Waals surface area contributed by atoms with Crippen molar-refractivity contribution in [3.05, 3.63) is 57.9 Å². The van der Waals surface area contributed by atoms with Crippen LogP contribution < -0.4 is 0 Å². The number of benzene rings is 1. The van der Waals surface area contributed by atoms with Gasteiger partial charge in [-0.15, -0.1) is 0 Å². The van der Waals surface area contributed by atoms with Crippen LogP contribution in [0.1, 0.15) is 0 Å². The first-order chi connectivity index (χ1) is 8.72.